The summed E-state index contributed by atoms with van der Waals surface area (Å²) in [5, 5.41) is 2.62. The molecule has 2 amide bonds. The highest BCUT2D eigenvalue weighted by Gasteiger charge is 2.31. The smallest absolute Gasteiger partial charge is 0.383 e. The van der Waals surface area contributed by atoms with Crippen molar-refractivity contribution in [1.29, 1.82) is 0 Å². The number of hydrogen-bond acceptors (Lipinski definition) is 3. The van der Waals surface area contributed by atoms with Crippen LogP contribution in [0, 0.1) is 0 Å². The summed E-state index contributed by atoms with van der Waals surface area (Å²) in [6.07, 6.45) is -3.63. The van der Waals surface area contributed by atoms with Crippen LogP contribution < -0.4 is 10.2 Å². The van der Waals surface area contributed by atoms with Crippen LogP contribution in [0.15, 0.2) is 42.5 Å². The molecule has 0 aliphatic carbocycles. The van der Waals surface area contributed by atoms with Crippen LogP contribution in [0.1, 0.15) is 27.9 Å². The van der Waals surface area contributed by atoms with Crippen LogP contribution >= 0.6 is 0 Å². The molecule has 2 aromatic rings. The molecule has 0 fully saturated rings. The molecule has 1 aliphatic rings. The number of methoxy groups -OCH3 is 1. The highest BCUT2D eigenvalue weighted by atomic mass is 19.4. The van der Waals surface area contributed by atoms with E-state index in [1.54, 1.807) is 30.2 Å². The lowest BCUT2D eigenvalue weighted by molar-refractivity contribution is -0.137. The van der Waals surface area contributed by atoms with Crippen LogP contribution in [0.4, 0.5) is 24.5 Å². The normalized spacial score (nSPS) is 14.0. The summed E-state index contributed by atoms with van der Waals surface area (Å²) in [4.78, 5) is 26.1. The zero-order valence-electron chi connectivity index (χ0n) is 15.2. The second kappa shape index (κ2) is 8.02. The van der Waals surface area contributed by atoms with Gasteiger partial charge in [0, 0.05) is 37.0 Å². The number of nitrogens with one attached hydrogen (secondary N) is 1. The molecule has 0 radical (unpaired) electrons. The SMILES string of the molecule is COCCN1C(=O)CCc2cc(NC(=O)c3cccc(C(F)(F)F)c3)ccc21. The molecule has 3 rings (SSSR count). The van der Waals surface area contributed by atoms with Crippen LogP contribution in [-0.2, 0) is 22.1 Å². The van der Waals surface area contributed by atoms with Crippen LogP contribution in [0.2, 0.25) is 0 Å². The maximum absolute atomic E-state index is 12.8. The van der Waals surface area contributed by atoms with Crippen molar-refractivity contribution in [1.82, 2.24) is 0 Å². The first kappa shape index (κ1) is 19.9. The Balaban J connectivity index is 1.79. The third-order valence-electron chi connectivity index (χ3n) is 4.51. The van der Waals surface area contributed by atoms with Crippen LogP contribution in [0.5, 0.6) is 0 Å². The number of aryl methyl sites for hydroxylation is 1. The Kier molecular flexibility index (Phi) is 5.69. The number of halogens is 3. The molecule has 1 aliphatic heterocycles. The number of nitrogens with zero attached hydrogens (tertiary/aromatic N) is 1. The van der Waals surface area contributed by atoms with E-state index >= 15 is 0 Å². The number of carbonyl (C=O) groups excluding carboxylic acids is 2. The number of carbonyl (C=O) groups is 2. The number of fused-ring (bicyclic) bond motifs is 1. The van der Waals surface area contributed by atoms with Gasteiger partial charge in [0.2, 0.25) is 5.91 Å². The van der Waals surface area contributed by atoms with Crippen molar-refractivity contribution in [2.45, 2.75) is 19.0 Å². The fourth-order valence-corrected chi connectivity index (χ4v) is 3.11. The quantitative estimate of drug-likeness (QED) is 0.840. The second-order valence-electron chi connectivity index (χ2n) is 6.41. The van der Waals surface area contributed by atoms with Crippen molar-refractivity contribution in [3.63, 3.8) is 0 Å². The number of hydrogen-bond donors (Lipinski definition) is 1. The van der Waals surface area contributed by atoms with Gasteiger partial charge in [0.1, 0.15) is 0 Å². The van der Waals surface area contributed by atoms with E-state index in [0.29, 0.717) is 31.7 Å². The van der Waals surface area contributed by atoms with Gasteiger partial charge in [0.25, 0.3) is 5.91 Å². The molecule has 0 saturated heterocycles. The Bertz CT molecular complexity index is 897. The lowest BCUT2D eigenvalue weighted by atomic mass is 10.00. The van der Waals surface area contributed by atoms with Crippen molar-refractivity contribution in [3.05, 3.63) is 59.2 Å². The van der Waals surface area contributed by atoms with E-state index in [1.165, 1.54) is 12.1 Å². The van der Waals surface area contributed by atoms with Gasteiger partial charge in [-0.3, -0.25) is 9.59 Å². The molecule has 0 saturated carbocycles. The lowest BCUT2D eigenvalue weighted by Gasteiger charge is -2.29. The Hall–Kier alpha value is -2.87. The fourth-order valence-electron chi connectivity index (χ4n) is 3.11. The lowest BCUT2D eigenvalue weighted by Crippen LogP contribution is -2.37. The maximum atomic E-state index is 12.8. The molecule has 0 bridgehead atoms. The van der Waals surface area contributed by atoms with E-state index in [0.717, 1.165) is 23.4 Å². The summed E-state index contributed by atoms with van der Waals surface area (Å²) in [5.74, 6) is -0.625. The minimum atomic E-state index is -4.51. The number of benzene rings is 2. The molecular formula is C20H19F3N2O3. The molecule has 0 atom stereocenters. The second-order valence-corrected chi connectivity index (χ2v) is 6.41. The first-order valence-corrected chi connectivity index (χ1v) is 8.70. The van der Waals surface area contributed by atoms with E-state index in [2.05, 4.69) is 5.32 Å². The van der Waals surface area contributed by atoms with Crippen molar-refractivity contribution in [2.75, 3.05) is 30.5 Å². The van der Waals surface area contributed by atoms with Gasteiger partial charge in [-0.2, -0.15) is 13.2 Å². The minimum Gasteiger partial charge on any atom is -0.383 e. The zero-order chi connectivity index (χ0) is 20.3. The van der Waals surface area contributed by atoms with Crippen LogP contribution in [0.3, 0.4) is 0 Å². The van der Waals surface area contributed by atoms with E-state index in [1.807, 2.05) is 0 Å². The molecule has 1 N–H and O–H groups in total. The molecule has 5 nitrogen and oxygen atoms in total. The Labute approximate surface area is 160 Å². The average molecular weight is 392 g/mol. The Morgan fingerprint density at radius 3 is 2.68 bits per heavy atom. The van der Waals surface area contributed by atoms with Gasteiger partial charge in [0.05, 0.1) is 12.2 Å². The number of alkyl halides is 3. The average Bonchev–Trinajstić information content (AvgIpc) is 2.67. The largest absolute Gasteiger partial charge is 0.416 e. The van der Waals surface area contributed by atoms with Gasteiger partial charge in [-0.1, -0.05) is 6.07 Å². The predicted octanol–water partition coefficient (Wildman–Crippen LogP) is 3.88. The third-order valence-corrected chi connectivity index (χ3v) is 4.51. The third kappa shape index (κ3) is 4.33. The Morgan fingerprint density at radius 1 is 1.18 bits per heavy atom. The van der Waals surface area contributed by atoms with Gasteiger partial charge in [-0.15, -0.1) is 0 Å². The minimum absolute atomic E-state index is 0.00491. The topological polar surface area (TPSA) is 58.6 Å². The van der Waals surface area contributed by atoms with Crippen molar-refractivity contribution in [3.8, 4) is 0 Å². The zero-order valence-corrected chi connectivity index (χ0v) is 15.2. The summed E-state index contributed by atoms with van der Waals surface area (Å²) < 4.78 is 43.5. The fraction of sp³-hybridized carbons (Fsp3) is 0.300. The Morgan fingerprint density at radius 2 is 1.96 bits per heavy atom. The summed E-state index contributed by atoms with van der Waals surface area (Å²) in [6.45, 7) is 0.831. The molecular weight excluding hydrogens is 373 g/mol. The van der Waals surface area contributed by atoms with E-state index < -0.39 is 17.6 Å². The summed E-state index contributed by atoms with van der Waals surface area (Å²) in [7, 11) is 1.56. The number of amides is 2. The van der Waals surface area contributed by atoms with E-state index in [4.69, 9.17) is 4.74 Å². The predicted molar refractivity (Wildman–Crippen MR) is 98.4 cm³/mol. The van der Waals surface area contributed by atoms with E-state index in [9.17, 15) is 22.8 Å². The number of rotatable bonds is 5. The first-order valence-electron chi connectivity index (χ1n) is 8.70. The molecule has 0 spiro atoms. The van der Waals surface area contributed by atoms with Crippen molar-refractivity contribution in [2.24, 2.45) is 0 Å². The van der Waals surface area contributed by atoms with Crippen molar-refractivity contribution >= 4 is 23.2 Å². The molecule has 28 heavy (non-hydrogen) atoms. The maximum Gasteiger partial charge on any atom is 0.416 e. The van der Waals surface area contributed by atoms with E-state index in [-0.39, 0.29) is 11.5 Å². The van der Waals surface area contributed by atoms with Gasteiger partial charge in [0.15, 0.2) is 0 Å². The molecule has 1 heterocycles. The number of ether oxygens (including phenoxy) is 1. The summed E-state index contributed by atoms with van der Waals surface area (Å²) in [6, 6.07) is 9.36. The highest BCUT2D eigenvalue weighted by molar-refractivity contribution is 6.05. The van der Waals surface area contributed by atoms with Gasteiger partial charge >= 0.3 is 6.18 Å². The summed E-state index contributed by atoms with van der Waals surface area (Å²) in [5.41, 5.74) is 1.15. The standard InChI is InChI=1S/C20H19F3N2O3/c1-28-10-9-25-17-7-6-16(12-13(17)5-8-18(25)26)24-19(27)14-3-2-4-15(11-14)20(21,22)23/h2-4,6-7,11-12H,5,8-10H2,1H3,(H,24,27). The van der Waals surface area contributed by atoms with Crippen molar-refractivity contribution < 1.29 is 27.5 Å². The summed E-state index contributed by atoms with van der Waals surface area (Å²) >= 11 is 0. The molecule has 0 unspecified atom stereocenters. The monoisotopic (exact) mass is 392 g/mol. The van der Waals surface area contributed by atoms with Gasteiger partial charge in [-0.25, -0.2) is 0 Å². The number of anilines is 2. The highest BCUT2D eigenvalue weighted by Crippen LogP contribution is 2.31. The first-order chi connectivity index (χ1) is 13.3. The van der Waals surface area contributed by atoms with Crippen LogP contribution in [0.25, 0.3) is 0 Å². The molecule has 0 aromatic heterocycles. The van der Waals surface area contributed by atoms with Gasteiger partial charge < -0.3 is 15.0 Å². The molecule has 2 aromatic carbocycles. The van der Waals surface area contributed by atoms with Gasteiger partial charge in [-0.05, 0) is 48.4 Å². The van der Waals surface area contributed by atoms with Crippen LogP contribution in [-0.4, -0.2) is 32.1 Å². The molecule has 148 valence electrons. The molecule has 8 heteroatoms.